The molecular formula is C25H29N3O3S. The van der Waals surface area contributed by atoms with Gasteiger partial charge in [-0.3, -0.25) is 4.79 Å². The van der Waals surface area contributed by atoms with Crippen molar-refractivity contribution >= 4 is 15.9 Å². The highest BCUT2D eigenvalue weighted by Crippen LogP contribution is 2.27. The molecule has 1 saturated heterocycles. The minimum Gasteiger partial charge on any atom is -0.331 e. The zero-order chi connectivity index (χ0) is 23.3. The predicted molar refractivity (Wildman–Crippen MR) is 124 cm³/mol. The quantitative estimate of drug-likeness (QED) is 0.595. The smallest absolute Gasteiger partial charge is 0.254 e. The topological polar surface area (TPSA) is 81.5 Å². The lowest BCUT2D eigenvalue weighted by molar-refractivity contribution is 0.0762. The molecule has 2 aromatic carbocycles. The number of benzene rings is 2. The summed E-state index contributed by atoms with van der Waals surface area (Å²) in [5.41, 5.74) is 1.74. The summed E-state index contributed by atoms with van der Waals surface area (Å²) in [6, 6.07) is 15.4. The van der Waals surface area contributed by atoms with E-state index in [1.165, 1.54) is 10.4 Å². The molecule has 0 N–H and O–H groups in total. The molecule has 1 fully saturated rings. The Balaban J connectivity index is 1.84. The van der Waals surface area contributed by atoms with Crippen LogP contribution in [0.5, 0.6) is 0 Å². The molecule has 6 nitrogen and oxygen atoms in total. The Morgan fingerprint density at radius 1 is 1.19 bits per heavy atom. The predicted octanol–water partition coefficient (Wildman–Crippen LogP) is 4.05. The molecule has 1 aliphatic rings. The Hall–Kier alpha value is -2.95. The number of amides is 1. The number of hydrogen-bond donors (Lipinski definition) is 0. The summed E-state index contributed by atoms with van der Waals surface area (Å²) in [4.78, 5) is 15.0. The SMILES string of the molecule is C=CCN(Cc1ccc(C#N)cc1)C(=O)c1cccc(S(=O)(=O)N2CC(C)CC(C)C2)c1. The van der Waals surface area contributed by atoms with Gasteiger partial charge in [0.1, 0.15) is 0 Å². The van der Waals surface area contributed by atoms with Crippen LogP contribution in [0, 0.1) is 23.2 Å². The van der Waals surface area contributed by atoms with Crippen LogP contribution in [0.25, 0.3) is 0 Å². The van der Waals surface area contributed by atoms with Crippen molar-refractivity contribution in [2.45, 2.75) is 31.7 Å². The lowest BCUT2D eigenvalue weighted by Gasteiger charge is -2.34. The standard InChI is InChI=1S/C25H29N3O3S/c1-4-12-27(18-22-10-8-21(15-26)9-11-22)25(29)23-6-5-7-24(14-23)32(30,31)28-16-19(2)13-20(3)17-28/h4-11,14,19-20H,1,12-13,16-18H2,2-3H3. The minimum atomic E-state index is -3.68. The van der Waals surface area contributed by atoms with E-state index in [1.807, 2.05) is 12.1 Å². The van der Waals surface area contributed by atoms with Gasteiger partial charge < -0.3 is 4.90 Å². The van der Waals surface area contributed by atoms with Gasteiger partial charge in [-0.1, -0.05) is 38.1 Å². The minimum absolute atomic E-state index is 0.140. The first-order valence-corrected chi connectivity index (χ1v) is 12.2. The van der Waals surface area contributed by atoms with E-state index < -0.39 is 10.0 Å². The third-order valence-electron chi connectivity index (χ3n) is 5.65. The highest BCUT2D eigenvalue weighted by Gasteiger charge is 2.32. The molecule has 0 saturated carbocycles. The zero-order valence-electron chi connectivity index (χ0n) is 18.6. The Kier molecular flexibility index (Phi) is 7.49. The van der Waals surface area contributed by atoms with Gasteiger partial charge in [0.15, 0.2) is 0 Å². The molecule has 0 radical (unpaired) electrons. The Labute approximate surface area is 190 Å². The molecule has 3 rings (SSSR count). The molecule has 0 spiro atoms. The molecule has 2 aromatic rings. The number of rotatable bonds is 7. The highest BCUT2D eigenvalue weighted by atomic mass is 32.2. The summed E-state index contributed by atoms with van der Waals surface area (Å²) in [7, 11) is -3.68. The van der Waals surface area contributed by atoms with Crippen LogP contribution in [0.3, 0.4) is 0 Å². The van der Waals surface area contributed by atoms with Crippen LogP contribution >= 0.6 is 0 Å². The van der Waals surface area contributed by atoms with Gasteiger partial charge in [0.05, 0.1) is 16.5 Å². The summed E-state index contributed by atoms with van der Waals surface area (Å²) in [5, 5.41) is 8.97. The maximum Gasteiger partial charge on any atom is 0.254 e. The van der Waals surface area contributed by atoms with Gasteiger partial charge in [0.2, 0.25) is 10.0 Å². The van der Waals surface area contributed by atoms with E-state index in [4.69, 9.17) is 5.26 Å². The maximum atomic E-state index is 13.3. The molecule has 1 aliphatic heterocycles. The van der Waals surface area contributed by atoms with Crippen LogP contribution < -0.4 is 0 Å². The van der Waals surface area contributed by atoms with Crippen LogP contribution in [0.4, 0.5) is 0 Å². The second-order valence-electron chi connectivity index (χ2n) is 8.58. The van der Waals surface area contributed by atoms with E-state index in [-0.39, 0.29) is 10.8 Å². The van der Waals surface area contributed by atoms with Crippen LogP contribution in [0.15, 0.2) is 66.1 Å². The lowest BCUT2D eigenvalue weighted by atomic mass is 9.94. The number of hydrogen-bond acceptors (Lipinski definition) is 4. The second kappa shape index (κ2) is 10.1. The van der Waals surface area contributed by atoms with Gasteiger partial charge in [-0.05, 0) is 54.2 Å². The van der Waals surface area contributed by atoms with E-state index in [1.54, 1.807) is 41.3 Å². The van der Waals surface area contributed by atoms with E-state index in [2.05, 4.69) is 26.5 Å². The van der Waals surface area contributed by atoms with Gasteiger partial charge in [0.25, 0.3) is 5.91 Å². The first kappa shape index (κ1) is 23.7. The number of piperidine rings is 1. The molecule has 32 heavy (non-hydrogen) atoms. The molecule has 1 heterocycles. The van der Waals surface area contributed by atoms with Crippen molar-refractivity contribution in [2.75, 3.05) is 19.6 Å². The first-order chi connectivity index (χ1) is 15.2. The molecule has 168 valence electrons. The molecule has 0 bridgehead atoms. The molecule has 2 atom stereocenters. The van der Waals surface area contributed by atoms with E-state index in [9.17, 15) is 13.2 Å². The summed E-state index contributed by atoms with van der Waals surface area (Å²) in [5.74, 6) is 0.328. The van der Waals surface area contributed by atoms with Crippen molar-refractivity contribution in [3.63, 3.8) is 0 Å². The van der Waals surface area contributed by atoms with Crippen LogP contribution in [-0.4, -0.2) is 43.2 Å². The maximum absolute atomic E-state index is 13.3. The average Bonchev–Trinajstić information content (AvgIpc) is 2.78. The molecule has 0 aliphatic carbocycles. The van der Waals surface area contributed by atoms with Crippen molar-refractivity contribution in [1.29, 1.82) is 5.26 Å². The number of carbonyl (C=O) groups is 1. The normalized spacial score (nSPS) is 19.2. The van der Waals surface area contributed by atoms with Gasteiger partial charge in [-0.15, -0.1) is 6.58 Å². The van der Waals surface area contributed by atoms with E-state index in [0.717, 1.165) is 12.0 Å². The van der Waals surface area contributed by atoms with E-state index >= 15 is 0 Å². The number of nitriles is 1. The summed E-state index contributed by atoms with van der Waals surface area (Å²) in [6.07, 6.45) is 2.65. The molecule has 1 amide bonds. The van der Waals surface area contributed by atoms with Crippen LogP contribution in [0.2, 0.25) is 0 Å². The van der Waals surface area contributed by atoms with Crippen molar-refractivity contribution in [1.82, 2.24) is 9.21 Å². The van der Waals surface area contributed by atoms with Crippen LogP contribution in [-0.2, 0) is 16.6 Å². The number of sulfonamides is 1. The Morgan fingerprint density at radius 3 is 2.44 bits per heavy atom. The molecular weight excluding hydrogens is 422 g/mol. The Morgan fingerprint density at radius 2 is 1.84 bits per heavy atom. The zero-order valence-corrected chi connectivity index (χ0v) is 19.4. The van der Waals surface area contributed by atoms with Crippen molar-refractivity contribution in [3.05, 3.63) is 77.9 Å². The van der Waals surface area contributed by atoms with Crippen LogP contribution in [0.1, 0.15) is 41.8 Å². The Bertz CT molecular complexity index is 1110. The summed E-state index contributed by atoms with van der Waals surface area (Å²) >= 11 is 0. The van der Waals surface area contributed by atoms with Crippen molar-refractivity contribution in [3.8, 4) is 6.07 Å². The number of nitrogens with zero attached hydrogens (tertiary/aromatic N) is 3. The summed E-state index contributed by atoms with van der Waals surface area (Å²) < 4.78 is 28.1. The average molecular weight is 452 g/mol. The fraction of sp³-hybridized carbons (Fsp3) is 0.360. The summed E-state index contributed by atoms with van der Waals surface area (Å²) in [6.45, 7) is 9.49. The third-order valence-corrected chi connectivity index (χ3v) is 7.47. The fourth-order valence-electron chi connectivity index (χ4n) is 4.20. The monoisotopic (exact) mass is 451 g/mol. The molecule has 7 heteroatoms. The van der Waals surface area contributed by atoms with Gasteiger partial charge in [0, 0.05) is 31.7 Å². The second-order valence-corrected chi connectivity index (χ2v) is 10.5. The van der Waals surface area contributed by atoms with Gasteiger partial charge in [-0.2, -0.15) is 9.57 Å². The highest BCUT2D eigenvalue weighted by molar-refractivity contribution is 7.89. The van der Waals surface area contributed by atoms with Crippen molar-refractivity contribution in [2.24, 2.45) is 11.8 Å². The van der Waals surface area contributed by atoms with Crippen molar-refractivity contribution < 1.29 is 13.2 Å². The third kappa shape index (κ3) is 5.45. The fourth-order valence-corrected chi connectivity index (χ4v) is 5.93. The van der Waals surface area contributed by atoms with Gasteiger partial charge in [-0.25, -0.2) is 8.42 Å². The van der Waals surface area contributed by atoms with E-state index in [0.29, 0.717) is 49.1 Å². The lowest BCUT2D eigenvalue weighted by Crippen LogP contribution is -2.42. The molecule has 2 unspecified atom stereocenters. The largest absolute Gasteiger partial charge is 0.331 e. The van der Waals surface area contributed by atoms with Gasteiger partial charge >= 0.3 is 0 Å². The number of carbonyl (C=O) groups excluding carboxylic acids is 1. The molecule has 0 aromatic heterocycles. The first-order valence-electron chi connectivity index (χ1n) is 10.7.